The summed E-state index contributed by atoms with van der Waals surface area (Å²) >= 11 is 0.869. The van der Waals surface area contributed by atoms with Crippen LogP contribution in [0.2, 0.25) is 0 Å². The molecule has 192 valence electrons. The Bertz CT molecular complexity index is 1540. The second-order valence-electron chi connectivity index (χ2n) is 8.79. The number of imide groups is 1. The number of halogens is 1. The largest absolute Gasteiger partial charge is 0.497 e. The minimum atomic E-state index is -0.445. The molecule has 2 amide bonds. The maximum Gasteiger partial charge on any atom is 0.293 e. The lowest BCUT2D eigenvalue weighted by molar-refractivity contribution is -0.123. The maximum absolute atomic E-state index is 14.1. The average molecular weight is 529 g/mol. The lowest BCUT2D eigenvalue weighted by atomic mass is 10.2. The van der Waals surface area contributed by atoms with Crippen LogP contribution in [0, 0.1) is 19.7 Å². The van der Waals surface area contributed by atoms with Crippen molar-refractivity contribution in [1.82, 2.24) is 9.47 Å². The Morgan fingerprint density at radius 3 is 2.18 bits per heavy atom. The Morgan fingerprint density at radius 2 is 1.53 bits per heavy atom. The molecule has 1 fully saturated rings. The average Bonchev–Trinajstić information content (AvgIpc) is 3.34. The van der Waals surface area contributed by atoms with Crippen LogP contribution in [0.3, 0.4) is 0 Å². The van der Waals surface area contributed by atoms with Gasteiger partial charge in [-0.25, -0.2) is 4.39 Å². The van der Waals surface area contributed by atoms with Crippen LogP contribution in [-0.4, -0.2) is 27.7 Å². The molecule has 38 heavy (non-hydrogen) atoms. The number of hydrogen-bond donors (Lipinski definition) is 0. The zero-order valence-electron chi connectivity index (χ0n) is 21.1. The summed E-state index contributed by atoms with van der Waals surface area (Å²) in [6, 6.07) is 23.2. The van der Waals surface area contributed by atoms with Crippen molar-refractivity contribution in [2.24, 2.45) is 0 Å². The number of rotatable bonds is 7. The molecule has 2 heterocycles. The predicted molar refractivity (Wildman–Crippen MR) is 146 cm³/mol. The Labute approximate surface area is 224 Å². The molecule has 0 radical (unpaired) electrons. The second kappa shape index (κ2) is 10.6. The molecule has 3 aromatic carbocycles. The minimum absolute atomic E-state index is 0.0986. The first-order chi connectivity index (χ1) is 18.3. The second-order valence-corrected chi connectivity index (χ2v) is 9.79. The van der Waals surface area contributed by atoms with E-state index in [1.54, 1.807) is 31.4 Å². The van der Waals surface area contributed by atoms with Gasteiger partial charge in [0.05, 0.1) is 18.6 Å². The first-order valence-electron chi connectivity index (χ1n) is 11.9. The van der Waals surface area contributed by atoms with Crippen LogP contribution in [-0.2, 0) is 11.3 Å². The number of methoxy groups -OCH3 is 1. The van der Waals surface area contributed by atoms with E-state index in [2.05, 4.69) is 4.57 Å². The van der Waals surface area contributed by atoms with Crippen LogP contribution in [0.25, 0.3) is 11.8 Å². The number of carbonyl (C=O) groups is 2. The third-order valence-electron chi connectivity index (χ3n) is 6.31. The van der Waals surface area contributed by atoms with Crippen molar-refractivity contribution in [2.75, 3.05) is 7.11 Å². The Kier molecular flexibility index (Phi) is 7.07. The molecular weight excluding hydrogens is 503 g/mol. The molecular formula is C30H25FN2O4S. The van der Waals surface area contributed by atoms with Crippen molar-refractivity contribution in [3.05, 3.63) is 112 Å². The van der Waals surface area contributed by atoms with E-state index in [0.717, 1.165) is 45.1 Å². The molecule has 0 atom stereocenters. The zero-order chi connectivity index (χ0) is 26.8. The summed E-state index contributed by atoms with van der Waals surface area (Å²) in [5.74, 6) is 1.30. The maximum atomic E-state index is 14.1. The van der Waals surface area contributed by atoms with Crippen LogP contribution in [0.4, 0.5) is 9.18 Å². The third-order valence-corrected chi connectivity index (χ3v) is 7.21. The normalized spacial score (nSPS) is 14.4. The number of benzene rings is 3. The number of nitrogens with zero attached hydrogens (tertiary/aromatic N) is 2. The SMILES string of the molecule is COc1ccc(Oc2ccc(-n3c(C)cc(/C=C4\SC(=O)N(Cc5ccccc5F)C4=O)c3C)cc2)cc1. The number of carbonyl (C=O) groups excluding carboxylic acids is 2. The van der Waals surface area contributed by atoms with Crippen molar-refractivity contribution in [3.63, 3.8) is 0 Å². The highest BCUT2D eigenvalue weighted by Crippen LogP contribution is 2.35. The Morgan fingerprint density at radius 1 is 0.895 bits per heavy atom. The van der Waals surface area contributed by atoms with Gasteiger partial charge in [-0.05, 0) is 97.9 Å². The molecule has 1 aliphatic heterocycles. The van der Waals surface area contributed by atoms with Crippen molar-refractivity contribution in [1.29, 1.82) is 0 Å². The molecule has 0 saturated carbocycles. The number of aromatic nitrogens is 1. The number of ether oxygens (including phenoxy) is 2. The van der Waals surface area contributed by atoms with Gasteiger partial charge in [-0.3, -0.25) is 14.5 Å². The van der Waals surface area contributed by atoms with Crippen LogP contribution in [0.1, 0.15) is 22.5 Å². The fourth-order valence-corrected chi connectivity index (χ4v) is 5.18. The molecule has 8 heteroatoms. The fourth-order valence-electron chi connectivity index (χ4n) is 4.35. The van der Waals surface area contributed by atoms with Crippen LogP contribution in [0.15, 0.2) is 83.8 Å². The minimum Gasteiger partial charge on any atom is -0.497 e. The van der Waals surface area contributed by atoms with Crippen LogP contribution in [0.5, 0.6) is 17.2 Å². The summed E-state index contributed by atoms with van der Waals surface area (Å²) in [6.45, 7) is 3.85. The molecule has 1 aromatic heterocycles. The molecule has 5 rings (SSSR count). The molecule has 1 saturated heterocycles. The number of amides is 2. The smallest absolute Gasteiger partial charge is 0.293 e. The number of thioether (sulfide) groups is 1. The van der Waals surface area contributed by atoms with Gasteiger partial charge < -0.3 is 14.0 Å². The molecule has 6 nitrogen and oxygen atoms in total. The van der Waals surface area contributed by atoms with Crippen LogP contribution < -0.4 is 9.47 Å². The van der Waals surface area contributed by atoms with Crippen molar-refractivity contribution >= 4 is 29.0 Å². The van der Waals surface area contributed by atoms with E-state index in [-0.39, 0.29) is 6.54 Å². The Hall–Kier alpha value is -4.30. The van der Waals surface area contributed by atoms with Gasteiger partial charge in [0.25, 0.3) is 11.1 Å². The van der Waals surface area contributed by atoms with E-state index in [9.17, 15) is 14.0 Å². The summed E-state index contributed by atoms with van der Waals surface area (Å²) < 4.78 is 27.3. The summed E-state index contributed by atoms with van der Waals surface area (Å²) in [6.07, 6.45) is 1.73. The molecule has 0 N–H and O–H groups in total. The van der Waals surface area contributed by atoms with Gasteiger partial charge in [0.15, 0.2) is 0 Å². The predicted octanol–water partition coefficient (Wildman–Crippen LogP) is 7.27. The lowest BCUT2D eigenvalue weighted by Crippen LogP contribution is -2.27. The van der Waals surface area contributed by atoms with Gasteiger partial charge in [0, 0.05) is 22.6 Å². The number of hydrogen-bond acceptors (Lipinski definition) is 5. The van der Waals surface area contributed by atoms with E-state index in [0.29, 0.717) is 22.0 Å². The summed E-state index contributed by atoms with van der Waals surface area (Å²) in [4.78, 5) is 26.9. The lowest BCUT2D eigenvalue weighted by Gasteiger charge is -2.13. The van der Waals surface area contributed by atoms with Gasteiger partial charge in [-0.2, -0.15) is 0 Å². The first-order valence-corrected chi connectivity index (χ1v) is 12.8. The molecule has 0 unspecified atom stereocenters. The zero-order valence-corrected chi connectivity index (χ0v) is 21.9. The summed E-state index contributed by atoms with van der Waals surface area (Å²) in [5, 5.41) is -0.411. The highest BCUT2D eigenvalue weighted by atomic mass is 32.2. The summed E-state index contributed by atoms with van der Waals surface area (Å²) in [5.41, 5.74) is 3.97. The first kappa shape index (κ1) is 25.4. The molecule has 0 aliphatic carbocycles. The van der Waals surface area contributed by atoms with Gasteiger partial charge in [0.1, 0.15) is 23.1 Å². The molecule has 1 aliphatic rings. The summed E-state index contributed by atoms with van der Waals surface area (Å²) in [7, 11) is 1.62. The van der Waals surface area contributed by atoms with E-state index in [4.69, 9.17) is 9.47 Å². The monoisotopic (exact) mass is 528 g/mol. The highest BCUT2D eigenvalue weighted by molar-refractivity contribution is 8.18. The van der Waals surface area contributed by atoms with Gasteiger partial charge >= 0.3 is 0 Å². The van der Waals surface area contributed by atoms with Crippen molar-refractivity contribution < 1.29 is 23.5 Å². The van der Waals surface area contributed by atoms with E-state index < -0.39 is 17.0 Å². The molecule has 0 spiro atoms. The van der Waals surface area contributed by atoms with Crippen LogP contribution >= 0.6 is 11.8 Å². The fraction of sp³-hybridized carbons (Fsp3) is 0.133. The van der Waals surface area contributed by atoms with E-state index in [1.165, 1.54) is 6.07 Å². The quantitative estimate of drug-likeness (QED) is 0.236. The molecule has 0 bridgehead atoms. The molecule has 4 aromatic rings. The van der Waals surface area contributed by atoms with Gasteiger partial charge in [0.2, 0.25) is 0 Å². The third kappa shape index (κ3) is 5.08. The topological polar surface area (TPSA) is 60.8 Å². The van der Waals surface area contributed by atoms with Crippen molar-refractivity contribution in [2.45, 2.75) is 20.4 Å². The van der Waals surface area contributed by atoms with Crippen molar-refractivity contribution in [3.8, 4) is 22.9 Å². The van der Waals surface area contributed by atoms with E-state index >= 15 is 0 Å². The van der Waals surface area contributed by atoms with E-state index in [1.807, 2.05) is 68.4 Å². The standard InChI is InChI=1S/C30H25FN2O4S/c1-19-16-22(17-28-29(34)32(30(35)38-28)18-21-6-4-5-7-27(21)31)20(2)33(19)23-8-10-25(11-9-23)37-26-14-12-24(36-3)13-15-26/h4-17H,18H2,1-3H3/b28-17-. The van der Waals surface area contributed by atoms with Gasteiger partial charge in [-0.1, -0.05) is 18.2 Å². The Balaban J connectivity index is 1.35. The number of aryl methyl sites for hydroxylation is 1. The highest BCUT2D eigenvalue weighted by Gasteiger charge is 2.35. The van der Waals surface area contributed by atoms with Gasteiger partial charge in [-0.15, -0.1) is 0 Å².